The first-order valence-electron chi connectivity index (χ1n) is 20.0. The zero-order valence-corrected chi connectivity index (χ0v) is 35.0. The third-order valence-corrected chi connectivity index (χ3v) is 11.4. The molecule has 1 aromatic heterocycles. The van der Waals surface area contributed by atoms with E-state index in [1.54, 1.807) is 17.1 Å². The Labute approximate surface area is 353 Å². The molecule has 24 nitrogen and oxygen atoms in total. The number of nitrogens with one attached hydrogen (secondary N) is 8. The molecule has 0 spiro atoms. The van der Waals surface area contributed by atoms with Gasteiger partial charge in [0.25, 0.3) is 11.8 Å². The van der Waals surface area contributed by atoms with Crippen LogP contribution in [0, 0.1) is 0 Å². The number of amidine groups is 2. The number of amides is 2. The number of rotatable bonds is 15. The van der Waals surface area contributed by atoms with Gasteiger partial charge in [-0.1, -0.05) is 49.4 Å². The highest BCUT2D eigenvalue weighted by Crippen LogP contribution is 2.35. The quantitative estimate of drug-likeness (QED) is 0.0374. The Morgan fingerprint density at radius 2 is 1.56 bits per heavy atom. The number of carbonyl (C=O) groups excluding carboxylic acids is 2. The summed E-state index contributed by atoms with van der Waals surface area (Å²) in [5.74, 6) is 1.38. The lowest BCUT2D eigenvalue weighted by molar-refractivity contribution is -0.134. The average Bonchev–Trinajstić information content (AvgIpc) is 3.22. The van der Waals surface area contributed by atoms with Gasteiger partial charge in [0, 0.05) is 44.6 Å². The monoisotopic (exact) mass is 864 g/mol. The topological polar surface area (TPSA) is 314 Å². The van der Waals surface area contributed by atoms with Crippen LogP contribution in [0.5, 0.6) is 0 Å². The number of aliphatic imine (C=N–C) groups is 2. The van der Waals surface area contributed by atoms with Crippen molar-refractivity contribution in [3.05, 3.63) is 34.7 Å². The van der Waals surface area contributed by atoms with Crippen LogP contribution in [0.2, 0.25) is 0 Å². The van der Waals surface area contributed by atoms with Gasteiger partial charge in [-0.25, -0.2) is 41.7 Å². The van der Waals surface area contributed by atoms with Crippen molar-refractivity contribution in [1.82, 2.24) is 78.0 Å². The summed E-state index contributed by atoms with van der Waals surface area (Å²) in [7, 11) is 1.70. The van der Waals surface area contributed by atoms with Crippen LogP contribution in [0.3, 0.4) is 0 Å². The lowest BCUT2D eigenvalue weighted by atomic mass is 9.94. The van der Waals surface area contributed by atoms with Crippen LogP contribution in [0.1, 0.15) is 81.8 Å². The number of hydrogen-bond donors (Lipinski definition) is 12. The first kappa shape index (κ1) is 44.2. The molecule has 2 saturated heterocycles. The van der Waals surface area contributed by atoms with E-state index in [4.69, 9.17) is 61.1 Å². The fourth-order valence-electron chi connectivity index (χ4n) is 7.57. The minimum atomic E-state index is -0.913. The Morgan fingerprint density at radius 1 is 0.898 bits per heavy atom. The van der Waals surface area contributed by atoms with Crippen molar-refractivity contribution in [3.63, 3.8) is 0 Å². The van der Waals surface area contributed by atoms with Crippen LogP contribution in [0.25, 0.3) is 0 Å². The molecule has 0 radical (unpaired) electrons. The maximum Gasteiger partial charge on any atom is 0.277 e. The first-order valence-corrected chi connectivity index (χ1v) is 20.8. The zero-order valence-electron chi connectivity index (χ0n) is 33.5. The van der Waals surface area contributed by atoms with Gasteiger partial charge in [0.05, 0.1) is 13.3 Å². The Hall–Kier alpha value is -4.37. The van der Waals surface area contributed by atoms with Gasteiger partial charge < -0.3 is 38.5 Å². The van der Waals surface area contributed by atoms with Gasteiger partial charge in [0.15, 0.2) is 28.2 Å². The normalized spacial score (nSPS) is 23.5. The van der Waals surface area contributed by atoms with E-state index in [2.05, 4.69) is 60.3 Å². The van der Waals surface area contributed by atoms with Gasteiger partial charge in [0.1, 0.15) is 35.8 Å². The molecule has 0 aliphatic carbocycles. The van der Waals surface area contributed by atoms with E-state index in [1.165, 1.54) is 4.90 Å². The zero-order chi connectivity index (χ0) is 42.1. The summed E-state index contributed by atoms with van der Waals surface area (Å²) in [4.78, 5) is 51.7. The second-order valence-corrected chi connectivity index (χ2v) is 15.4. The highest BCUT2D eigenvalue weighted by Gasteiger charge is 2.42. The van der Waals surface area contributed by atoms with Gasteiger partial charge in [0.2, 0.25) is 5.95 Å². The summed E-state index contributed by atoms with van der Waals surface area (Å²) >= 11 is 13.7. The molecule has 26 heteroatoms. The van der Waals surface area contributed by atoms with Crippen LogP contribution >= 0.6 is 23.2 Å². The first-order chi connectivity index (χ1) is 28.5. The maximum absolute atomic E-state index is 14.2. The number of nitrogens with zero attached hydrogens (tertiary/aromatic N) is 10. The van der Waals surface area contributed by atoms with Crippen molar-refractivity contribution in [2.75, 3.05) is 65.1 Å². The Bertz CT molecular complexity index is 1760. The van der Waals surface area contributed by atoms with Crippen LogP contribution in [-0.2, 0) is 9.59 Å². The van der Waals surface area contributed by atoms with Crippen LogP contribution in [-0.4, -0.2) is 134 Å². The van der Waals surface area contributed by atoms with E-state index in [0.29, 0.717) is 75.3 Å². The largest absolute Gasteiger partial charge is 0.384 e. The molecule has 6 aliphatic heterocycles. The van der Waals surface area contributed by atoms with Crippen molar-refractivity contribution in [3.8, 4) is 0 Å². The minimum absolute atomic E-state index is 0.000627. The lowest BCUT2D eigenvalue weighted by Crippen LogP contribution is -2.63. The Kier molecular flexibility index (Phi) is 15.5. The fraction of sp³-hybridized carbons (Fsp3) is 0.667. The van der Waals surface area contributed by atoms with Crippen molar-refractivity contribution in [2.45, 2.75) is 81.1 Å². The molecular weight excluding hydrogens is 807 g/mol. The summed E-state index contributed by atoms with van der Waals surface area (Å²) in [5, 5.41) is 13.8. The summed E-state index contributed by atoms with van der Waals surface area (Å²) in [6.45, 7) is 5.43. The average molecular weight is 866 g/mol. The smallest absolute Gasteiger partial charge is 0.277 e. The van der Waals surface area contributed by atoms with E-state index in [-0.39, 0.29) is 66.6 Å². The van der Waals surface area contributed by atoms with Crippen molar-refractivity contribution in [2.24, 2.45) is 32.9 Å². The summed E-state index contributed by atoms with van der Waals surface area (Å²) in [6.07, 6.45) is 7.07. The molecule has 59 heavy (non-hydrogen) atoms. The van der Waals surface area contributed by atoms with Crippen LogP contribution in [0.15, 0.2) is 33.0 Å². The van der Waals surface area contributed by atoms with Gasteiger partial charge in [-0.2, -0.15) is 21.0 Å². The third-order valence-electron chi connectivity index (χ3n) is 10.6. The standard InChI is InChI=1S/C33H58Cl2N22O2/c1-3-4-5-6-11-41-33-49-29(19-7-12-54(13-8-19)56-21(28(39)58)25(36)46-27(38)23(56)34)48-30(50-33)20-9-14-55(15-10-20)57-22-26(37)47-31(24(57)35)42-16-43-52-45-18-53(32(22)59)17-44-51-40-2/h19-20,23-24,40,43-45,51-52H,3-18,36-37H2,1-2H3,(H2,38,46)(H2,39,58)(H,42,47)(H,41,48,49,50). The van der Waals surface area contributed by atoms with Crippen LogP contribution in [0.4, 0.5) is 5.95 Å². The molecule has 2 amide bonds. The molecule has 0 saturated carbocycles. The van der Waals surface area contributed by atoms with Crippen molar-refractivity contribution in [1.29, 1.82) is 0 Å². The van der Waals surface area contributed by atoms with E-state index < -0.39 is 16.9 Å². The molecule has 7 rings (SSSR count). The molecule has 2 atom stereocenters. The number of alkyl halides is 2. The van der Waals surface area contributed by atoms with E-state index in [9.17, 15) is 9.59 Å². The molecule has 0 aromatic carbocycles. The number of unbranched alkanes of at least 4 members (excludes halogenated alkanes) is 3. The molecule has 2 unspecified atom stereocenters. The lowest BCUT2D eigenvalue weighted by Gasteiger charge is -2.46. The molecule has 6 aliphatic rings. The molecule has 16 N–H and O–H groups in total. The molecular formula is C33H58Cl2N22O2. The SMILES string of the molecule is CCCCCCNc1nc(C2CCN(N3C(C(N)=O)=C(N)N=C(N)C3Cl)CC2)nc(C2CCN(N3C4=C(N)NC(=NCNNNCN(CNNNC)C4=O)C3Cl)CC2)n1. The molecule has 326 valence electrons. The second kappa shape index (κ2) is 20.7. The number of piperidine rings is 2. The van der Waals surface area contributed by atoms with E-state index in [0.717, 1.165) is 32.2 Å². The van der Waals surface area contributed by atoms with Crippen LogP contribution < -0.4 is 66.3 Å². The number of fused-ring (bicyclic) bond motifs is 9. The summed E-state index contributed by atoms with van der Waals surface area (Å²) < 4.78 is 0. The summed E-state index contributed by atoms with van der Waals surface area (Å²) in [6, 6.07) is 0. The number of aromatic nitrogens is 3. The number of anilines is 1. The van der Waals surface area contributed by atoms with E-state index >= 15 is 0 Å². The van der Waals surface area contributed by atoms with Gasteiger partial charge >= 0.3 is 0 Å². The second-order valence-electron chi connectivity index (χ2n) is 14.6. The van der Waals surface area contributed by atoms with Crippen molar-refractivity contribution >= 4 is 52.6 Å². The third kappa shape index (κ3) is 10.5. The fourth-order valence-corrected chi connectivity index (χ4v) is 8.18. The Balaban J connectivity index is 1.20. The predicted molar refractivity (Wildman–Crippen MR) is 223 cm³/mol. The number of nitrogens with two attached hydrogens (primary N) is 4. The molecule has 2 bridgehead atoms. The number of primary amides is 1. The summed E-state index contributed by atoms with van der Waals surface area (Å²) in [5.41, 5.74) is 40.1. The predicted octanol–water partition coefficient (Wildman–Crippen LogP) is -2.56. The number of halogens is 2. The molecule has 2 fully saturated rings. The highest BCUT2D eigenvalue weighted by molar-refractivity contribution is 6.32. The van der Waals surface area contributed by atoms with Crippen molar-refractivity contribution < 1.29 is 9.59 Å². The van der Waals surface area contributed by atoms with E-state index in [1.807, 2.05) is 10.0 Å². The van der Waals surface area contributed by atoms with Gasteiger partial charge in [-0.05, 0) is 39.2 Å². The minimum Gasteiger partial charge on any atom is -0.384 e. The van der Waals surface area contributed by atoms with Gasteiger partial charge in [-0.3, -0.25) is 24.6 Å². The maximum atomic E-state index is 14.2. The molecule has 7 heterocycles. The number of carbonyl (C=O) groups is 2. The number of hydrazine groups is 6. The number of hydrogen-bond acceptors (Lipinski definition) is 22. The molecule has 1 aromatic rings. The highest BCUT2D eigenvalue weighted by atomic mass is 35.5. The Morgan fingerprint density at radius 3 is 2.19 bits per heavy atom. The van der Waals surface area contributed by atoms with Gasteiger partial charge in [-0.15, -0.1) is 0 Å².